The quantitative estimate of drug-likeness (QED) is 0.758. The minimum absolute atomic E-state index is 0.0383. The summed E-state index contributed by atoms with van der Waals surface area (Å²) in [6.45, 7) is 2.04. The van der Waals surface area contributed by atoms with Gasteiger partial charge in [0.1, 0.15) is 9.77 Å². The lowest BCUT2D eigenvalue weighted by Gasteiger charge is -2.19. The Kier molecular flexibility index (Phi) is 5.93. The molecule has 0 amide bonds. The van der Waals surface area contributed by atoms with E-state index in [9.17, 15) is 13.2 Å². The predicted octanol–water partition coefficient (Wildman–Crippen LogP) is 1.60. The van der Waals surface area contributed by atoms with Gasteiger partial charge in [-0.25, -0.2) is 13.2 Å². The molecule has 1 rings (SSSR count). The minimum atomic E-state index is -3.74. The molecular weight excluding hydrogens is 358 g/mol. The Morgan fingerprint density at radius 3 is 2.58 bits per heavy atom. The van der Waals surface area contributed by atoms with Crippen molar-refractivity contribution in [3.8, 4) is 0 Å². The average molecular weight is 372 g/mol. The topological polar surface area (TPSA) is 94.9 Å². The van der Waals surface area contributed by atoms with Crippen LogP contribution in [0.2, 0.25) is 0 Å². The molecule has 0 aliphatic heterocycles. The molecule has 0 fully saturated rings. The Bertz CT molecular complexity index is 554. The van der Waals surface area contributed by atoms with Crippen LogP contribution in [0, 0.1) is 0 Å². The Balaban J connectivity index is 3.14. The Morgan fingerprint density at radius 2 is 2.16 bits per heavy atom. The van der Waals surface area contributed by atoms with Crippen LogP contribution in [-0.2, 0) is 10.0 Å². The predicted molar refractivity (Wildman–Crippen MR) is 75.1 cm³/mol. The zero-order valence-electron chi connectivity index (χ0n) is 10.2. The van der Waals surface area contributed by atoms with E-state index in [0.717, 1.165) is 17.4 Å². The molecule has 0 saturated carbocycles. The van der Waals surface area contributed by atoms with Crippen molar-refractivity contribution < 1.29 is 23.4 Å². The smallest absolute Gasteiger partial charge is 0.345 e. The number of hydrogen-bond acceptors (Lipinski definition) is 5. The standard InChI is InChI=1S/C10H14BrNO5S2/c1-2-12(4-3-5-13)19(16,17)8-6-7(10(14)15)18-9(8)11/h6,13H,2-5H2,1H3,(H,14,15). The molecule has 9 heteroatoms. The van der Waals surface area contributed by atoms with Gasteiger partial charge in [-0.2, -0.15) is 4.31 Å². The molecule has 108 valence electrons. The summed E-state index contributed by atoms with van der Waals surface area (Å²) in [5, 5.41) is 17.6. The highest BCUT2D eigenvalue weighted by molar-refractivity contribution is 9.11. The summed E-state index contributed by atoms with van der Waals surface area (Å²) in [7, 11) is -3.74. The number of nitrogens with zero attached hydrogens (tertiary/aromatic N) is 1. The first-order valence-electron chi connectivity index (χ1n) is 5.48. The minimum Gasteiger partial charge on any atom is -0.477 e. The van der Waals surface area contributed by atoms with Gasteiger partial charge in [-0.1, -0.05) is 6.92 Å². The molecule has 19 heavy (non-hydrogen) atoms. The maximum absolute atomic E-state index is 12.4. The molecule has 0 aliphatic rings. The molecule has 0 saturated heterocycles. The molecule has 1 aromatic rings. The van der Waals surface area contributed by atoms with E-state index in [2.05, 4.69) is 15.9 Å². The van der Waals surface area contributed by atoms with E-state index in [1.54, 1.807) is 6.92 Å². The van der Waals surface area contributed by atoms with Gasteiger partial charge in [0.05, 0.1) is 3.79 Å². The van der Waals surface area contributed by atoms with Crippen LogP contribution in [0.4, 0.5) is 0 Å². The molecule has 0 atom stereocenters. The van der Waals surface area contributed by atoms with Gasteiger partial charge in [-0.15, -0.1) is 11.3 Å². The van der Waals surface area contributed by atoms with Gasteiger partial charge in [0.2, 0.25) is 10.0 Å². The third-order valence-corrected chi connectivity index (χ3v) is 6.62. The fourth-order valence-electron chi connectivity index (χ4n) is 1.47. The molecule has 0 radical (unpaired) electrons. The average Bonchev–Trinajstić information content (AvgIpc) is 2.73. The summed E-state index contributed by atoms with van der Waals surface area (Å²) in [5.41, 5.74) is 0. The number of carboxylic acid groups (broad SMARTS) is 1. The highest BCUT2D eigenvalue weighted by Gasteiger charge is 2.28. The van der Waals surface area contributed by atoms with E-state index in [1.165, 1.54) is 4.31 Å². The summed E-state index contributed by atoms with van der Waals surface area (Å²) in [6.07, 6.45) is 0.334. The molecular formula is C10H14BrNO5S2. The van der Waals surface area contributed by atoms with E-state index in [0.29, 0.717) is 6.42 Å². The van der Waals surface area contributed by atoms with Crippen molar-refractivity contribution in [3.05, 3.63) is 14.7 Å². The fraction of sp³-hybridized carbons (Fsp3) is 0.500. The summed E-state index contributed by atoms with van der Waals surface area (Å²) >= 11 is 3.95. The number of aliphatic hydroxyl groups is 1. The Hall–Kier alpha value is -0.480. The van der Waals surface area contributed by atoms with E-state index in [1.807, 2.05) is 0 Å². The lowest BCUT2D eigenvalue weighted by molar-refractivity contribution is 0.0702. The fourth-order valence-corrected chi connectivity index (χ4v) is 5.31. The Morgan fingerprint density at radius 1 is 1.53 bits per heavy atom. The van der Waals surface area contributed by atoms with Crippen LogP contribution in [0.25, 0.3) is 0 Å². The van der Waals surface area contributed by atoms with Crippen LogP contribution in [0.3, 0.4) is 0 Å². The van der Waals surface area contributed by atoms with Crippen LogP contribution in [0.15, 0.2) is 14.7 Å². The number of aromatic carboxylic acids is 1. The normalized spacial score (nSPS) is 12.0. The molecule has 0 spiro atoms. The van der Waals surface area contributed by atoms with Crippen molar-refractivity contribution in [3.63, 3.8) is 0 Å². The van der Waals surface area contributed by atoms with Gasteiger partial charge in [-0.05, 0) is 28.4 Å². The van der Waals surface area contributed by atoms with Gasteiger partial charge < -0.3 is 10.2 Å². The van der Waals surface area contributed by atoms with Gasteiger partial charge in [0, 0.05) is 19.7 Å². The monoisotopic (exact) mass is 371 g/mol. The number of halogens is 1. The summed E-state index contributed by atoms with van der Waals surface area (Å²) in [5.74, 6) is -1.16. The molecule has 6 nitrogen and oxygen atoms in total. The third kappa shape index (κ3) is 3.76. The van der Waals surface area contributed by atoms with Crippen LogP contribution >= 0.6 is 27.3 Å². The SMILES string of the molecule is CCN(CCCO)S(=O)(=O)c1cc(C(=O)O)sc1Br. The maximum atomic E-state index is 12.4. The number of hydrogen-bond donors (Lipinski definition) is 2. The third-order valence-electron chi connectivity index (χ3n) is 2.40. The van der Waals surface area contributed by atoms with Crippen molar-refractivity contribution in [2.75, 3.05) is 19.7 Å². The maximum Gasteiger partial charge on any atom is 0.345 e. The summed E-state index contributed by atoms with van der Waals surface area (Å²) in [4.78, 5) is 10.8. The molecule has 0 bridgehead atoms. The molecule has 0 unspecified atom stereocenters. The zero-order chi connectivity index (χ0) is 14.6. The van der Waals surface area contributed by atoms with Crippen LogP contribution in [0.5, 0.6) is 0 Å². The number of sulfonamides is 1. The summed E-state index contributed by atoms with van der Waals surface area (Å²) < 4.78 is 26.2. The Labute approximate surface area is 123 Å². The largest absolute Gasteiger partial charge is 0.477 e. The number of thiophene rings is 1. The zero-order valence-corrected chi connectivity index (χ0v) is 13.4. The molecule has 0 aliphatic carbocycles. The summed E-state index contributed by atoms with van der Waals surface area (Å²) in [6, 6.07) is 1.15. The first kappa shape index (κ1) is 16.6. The number of carbonyl (C=O) groups is 1. The first-order chi connectivity index (χ1) is 8.84. The second-order valence-corrected chi connectivity index (χ2v) is 7.90. The molecule has 1 heterocycles. The van der Waals surface area contributed by atoms with Gasteiger partial charge in [0.15, 0.2) is 0 Å². The van der Waals surface area contributed by atoms with Crippen molar-refractivity contribution in [1.29, 1.82) is 0 Å². The van der Waals surface area contributed by atoms with Gasteiger partial charge >= 0.3 is 5.97 Å². The van der Waals surface area contributed by atoms with Crippen LogP contribution in [0.1, 0.15) is 23.0 Å². The van der Waals surface area contributed by atoms with E-state index in [4.69, 9.17) is 10.2 Å². The van der Waals surface area contributed by atoms with Crippen molar-refractivity contribution in [2.24, 2.45) is 0 Å². The highest BCUT2D eigenvalue weighted by Crippen LogP contribution is 2.33. The van der Waals surface area contributed by atoms with E-state index < -0.39 is 16.0 Å². The molecule has 0 aromatic carbocycles. The van der Waals surface area contributed by atoms with Gasteiger partial charge in [-0.3, -0.25) is 0 Å². The van der Waals surface area contributed by atoms with E-state index >= 15 is 0 Å². The molecule has 2 N–H and O–H groups in total. The lowest BCUT2D eigenvalue weighted by Crippen LogP contribution is -2.32. The molecule has 1 aromatic heterocycles. The lowest BCUT2D eigenvalue weighted by atomic mass is 10.4. The first-order valence-corrected chi connectivity index (χ1v) is 8.53. The van der Waals surface area contributed by atoms with Crippen LogP contribution < -0.4 is 0 Å². The van der Waals surface area contributed by atoms with Crippen molar-refractivity contribution >= 4 is 43.3 Å². The number of rotatable bonds is 7. The van der Waals surface area contributed by atoms with Crippen LogP contribution in [-0.4, -0.2) is 48.6 Å². The number of aliphatic hydroxyl groups excluding tert-OH is 1. The van der Waals surface area contributed by atoms with Crippen molar-refractivity contribution in [1.82, 2.24) is 4.31 Å². The second kappa shape index (κ2) is 6.80. The van der Waals surface area contributed by atoms with Gasteiger partial charge in [0.25, 0.3) is 0 Å². The van der Waals surface area contributed by atoms with E-state index in [-0.39, 0.29) is 33.3 Å². The highest BCUT2D eigenvalue weighted by atomic mass is 79.9. The second-order valence-electron chi connectivity index (χ2n) is 3.63. The number of carboxylic acids is 1. The van der Waals surface area contributed by atoms with Crippen molar-refractivity contribution in [2.45, 2.75) is 18.2 Å².